The number of alkyl halides is 2. The predicted octanol–water partition coefficient (Wildman–Crippen LogP) is 3.10. The Bertz CT molecular complexity index is 591. The van der Waals surface area contributed by atoms with Crippen molar-refractivity contribution in [1.29, 1.82) is 0 Å². The van der Waals surface area contributed by atoms with Crippen LogP contribution >= 0.6 is 11.6 Å². The zero-order valence-corrected chi connectivity index (χ0v) is 12.2. The number of aliphatic hydroxyl groups excluding tert-OH is 1. The second-order valence-electron chi connectivity index (χ2n) is 4.76. The van der Waals surface area contributed by atoms with Crippen molar-refractivity contribution in [3.8, 4) is 0 Å². The molecule has 4 nitrogen and oxygen atoms in total. The quantitative estimate of drug-likeness (QED) is 0.890. The maximum atomic E-state index is 12.7. The van der Waals surface area contributed by atoms with Gasteiger partial charge in [0.2, 0.25) is 0 Å². The molecule has 0 saturated heterocycles. The average Bonchev–Trinajstić information content (AvgIpc) is 2.87. The van der Waals surface area contributed by atoms with Crippen molar-refractivity contribution >= 4 is 11.6 Å². The number of hydrogen-bond donors (Lipinski definition) is 1. The molecule has 1 atom stereocenters. The molecular weight excluding hydrogens is 300 g/mol. The standard InChI is InChI=1S/C14H16ClF2N3O/c1-19(9-13-18-6-7-20(13)14(16)17)8-12(21)10-4-2-3-5-11(10)15/h2-7,12,14,21H,8-9H2,1H3. The lowest BCUT2D eigenvalue weighted by Crippen LogP contribution is -2.26. The molecule has 1 heterocycles. The molecule has 1 aromatic carbocycles. The molecule has 2 rings (SSSR count). The van der Waals surface area contributed by atoms with Gasteiger partial charge in [-0.15, -0.1) is 0 Å². The van der Waals surface area contributed by atoms with Gasteiger partial charge in [0.25, 0.3) is 0 Å². The van der Waals surface area contributed by atoms with E-state index < -0.39 is 12.7 Å². The first kappa shape index (κ1) is 15.9. The molecule has 1 aromatic heterocycles. The Balaban J connectivity index is 2.00. The smallest absolute Gasteiger partial charge is 0.319 e. The summed E-state index contributed by atoms with van der Waals surface area (Å²) in [5, 5.41) is 10.7. The van der Waals surface area contributed by atoms with E-state index in [2.05, 4.69) is 4.98 Å². The highest BCUT2D eigenvalue weighted by molar-refractivity contribution is 6.31. The Morgan fingerprint density at radius 1 is 1.38 bits per heavy atom. The van der Waals surface area contributed by atoms with Gasteiger partial charge in [0.1, 0.15) is 5.82 Å². The molecule has 0 aliphatic carbocycles. The normalized spacial score (nSPS) is 13.1. The Morgan fingerprint density at radius 3 is 2.76 bits per heavy atom. The number of hydrogen-bond acceptors (Lipinski definition) is 3. The van der Waals surface area contributed by atoms with E-state index in [1.165, 1.54) is 12.4 Å². The van der Waals surface area contributed by atoms with Crippen molar-refractivity contribution in [3.05, 3.63) is 53.1 Å². The van der Waals surface area contributed by atoms with E-state index in [9.17, 15) is 13.9 Å². The van der Waals surface area contributed by atoms with Crippen molar-refractivity contribution in [2.45, 2.75) is 19.2 Å². The van der Waals surface area contributed by atoms with Gasteiger partial charge in [-0.05, 0) is 13.1 Å². The van der Waals surface area contributed by atoms with E-state index in [1.807, 2.05) is 0 Å². The Morgan fingerprint density at radius 2 is 2.10 bits per heavy atom. The topological polar surface area (TPSA) is 41.3 Å². The number of halogens is 3. The third kappa shape index (κ3) is 4.00. The van der Waals surface area contributed by atoms with Crippen molar-refractivity contribution < 1.29 is 13.9 Å². The van der Waals surface area contributed by atoms with E-state index in [0.717, 1.165) is 4.57 Å². The molecule has 1 N–H and O–H groups in total. The fourth-order valence-corrected chi connectivity index (χ4v) is 2.35. The summed E-state index contributed by atoms with van der Waals surface area (Å²) in [6.07, 6.45) is 1.77. The number of nitrogens with zero attached hydrogens (tertiary/aromatic N) is 3. The minimum Gasteiger partial charge on any atom is -0.387 e. The summed E-state index contributed by atoms with van der Waals surface area (Å²) in [7, 11) is 1.73. The van der Waals surface area contributed by atoms with Crippen LogP contribution < -0.4 is 0 Å². The van der Waals surface area contributed by atoms with Gasteiger partial charge in [-0.25, -0.2) is 4.98 Å². The van der Waals surface area contributed by atoms with Crippen LogP contribution in [0.3, 0.4) is 0 Å². The van der Waals surface area contributed by atoms with Gasteiger partial charge in [0.15, 0.2) is 0 Å². The SMILES string of the molecule is CN(Cc1nccn1C(F)F)CC(O)c1ccccc1Cl. The molecule has 0 bridgehead atoms. The van der Waals surface area contributed by atoms with Crippen LogP contribution in [0.5, 0.6) is 0 Å². The minimum absolute atomic E-state index is 0.207. The average molecular weight is 316 g/mol. The maximum Gasteiger partial charge on any atom is 0.319 e. The summed E-state index contributed by atoms with van der Waals surface area (Å²) in [5.74, 6) is 0.249. The van der Waals surface area contributed by atoms with E-state index in [4.69, 9.17) is 11.6 Å². The van der Waals surface area contributed by atoms with E-state index in [-0.39, 0.29) is 18.9 Å². The first-order chi connectivity index (χ1) is 9.99. The van der Waals surface area contributed by atoms with Crippen LogP contribution in [0.2, 0.25) is 5.02 Å². The second-order valence-corrected chi connectivity index (χ2v) is 5.17. The Hall–Kier alpha value is -1.50. The van der Waals surface area contributed by atoms with Crippen LogP contribution in [0.1, 0.15) is 24.0 Å². The number of imidazole rings is 1. The van der Waals surface area contributed by atoms with Gasteiger partial charge in [-0.1, -0.05) is 29.8 Å². The largest absolute Gasteiger partial charge is 0.387 e. The lowest BCUT2D eigenvalue weighted by atomic mass is 10.1. The number of aliphatic hydroxyl groups is 1. The van der Waals surface area contributed by atoms with Gasteiger partial charge in [-0.3, -0.25) is 9.47 Å². The molecular formula is C14H16ClF2N3O. The van der Waals surface area contributed by atoms with E-state index in [0.29, 0.717) is 10.6 Å². The highest BCUT2D eigenvalue weighted by Gasteiger charge is 2.17. The Kier molecular flexibility index (Phi) is 5.27. The molecule has 0 aliphatic rings. The second kappa shape index (κ2) is 6.98. The highest BCUT2D eigenvalue weighted by atomic mass is 35.5. The van der Waals surface area contributed by atoms with Gasteiger partial charge < -0.3 is 5.11 Å². The summed E-state index contributed by atoms with van der Waals surface area (Å²) in [6.45, 7) is -2.15. The van der Waals surface area contributed by atoms with Crippen LogP contribution in [0.4, 0.5) is 8.78 Å². The zero-order chi connectivity index (χ0) is 15.4. The van der Waals surface area contributed by atoms with Crippen LogP contribution in [0, 0.1) is 0 Å². The molecule has 114 valence electrons. The number of likely N-dealkylation sites (N-methyl/N-ethyl adjacent to an activating group) is 1. The first-order valence-corrected chi connectivity index (χ1v) is 6.77. The van der Waals surface area contributed by atoms with E-state index in [1.54, 1.807) is 36.2 Å². The fourth-order valence-electron chi connectivity index (χ4n) is 2.09. The lowest BCUT2D eigenvalue weighted by molar-refractivity contribution is 0.0625. The number of aromatic nitrogens is 2. The van der Waals surface area contributed by atoms with Crippen LogP contribution in [-0.4, -0.2) is 33.1 Å². The van der Waals surface area contributed by atoms with Gasteiger partial charge in [0, 0.05) is 29.5 Å². The number of benzene rings is 1. The molecule has 21 heavy (non-hydrogen) atoms. The van der Waals surface area contributed by atoms with Crippen molar-refractivity contribution in [3.63, 3.8) is 0 Å². The first-order valence-electron chi connectivity index (χ1n) is 6.40. The van der Waals surface area contributed by atoms with Crippen molar-refractivity contribution in [2.24, 2.45) is 0 Å². The van der Waals surface area contributed by atoms with Crippen molar-refractivity contribution in [2.75, 3.05) is 13.6 Å². The zero-order valence-electron chi connectivity index (χ0n) is 11.5. The molecule has 0 spiro atoms. The predicted molar refractivity (Wildman–Crippen MR) is 76.2 cm³/mol. The fraction of sp³-hybridized carbons (Fsp3) is 0.357. The maximum absolute atomic E-state index is 12.7. The van der Waals surface area contributed by atoms with Gasteiger partial charge >= 0.3 is 6.55 Å². The third-order valence-electron chi connectivity index (χ3n) is 3.12. The summed E-state index contributed by atoms with van der Waals surface area (Å²) in [6, 6.07) is 7.00. The molecule has 0 radical (unpaired) electrons. The van der Waals surface area contributed by atoms with Crippen molar-refractivity contribution in [1.82, 2.24) is 14.5 Å². The molecule has 7 heteroatoms. The summed E-state index contributed by atoms with van der Waals surface area (Å²) < 4.78 is 26.3. The molecule has 0 aliphatic heterocycles. The molecule has 2 aromatic rings. The number of rotatable bonds is 6. The summed E-state index contributed by atoms with van der Waals surface area (Å²) in [4.78, 5) is 5.63. The van der Waals surface area contributed by atoms with Crippen LogP contribution in [0.25, 0.3) is 0 Å². The third-order valence-corrected chi connectivity index (χ3v) is 3.46. The monoisotopic (exact) mass is 315 g/mol. The summed E-state index contributed by atoms with van der Waals surface area (Å²) in [5.41, 5.74) is 0.614. The summed E-state index contributed by atoms with van der Waals surface area (Å²) >= 11 is 6.02. The minimum atomic E-state index is -2.62. The molecule has 0 fully saturated rings. The van der Waals surface area contributed by atoms with Gasteiger partial charge in [0.05, 0.1) is 12.6 Å². The van der Waals surface area contributed by atoms with E-state index >= 15 is 0 Å². The molecule has 1 unspecified atom stereocenters. The van der Waals surface area contributed by atoms with Gasteiger partial charge in [-0.2, -0.15) is 8.78 Å². The molecule has 0 amide bonds. The lowest BCUT2D eigenvalue weighted by Gasteiger charge is -2.21. The van der Waals surface area contributed by atoms with Crippen LogP contribution in [0.15, 0.2) is 36.7 Å². The van der Waals surface area contributed by atoms with Crippen LogP contribution in [-0.2, 0) is 6.54 Å². The Labute approximate surface area is 126 Å². The molecule has 0 saturated carbocycles. The highest BCUT2D eigenvalue weighted by Crippen LogP contribution is 2.23.